The lowest BCUT2D eigenvalue weighted by Gasteiger charge is -2.17. The van der Waals surface area contributed by atoms with Crippen LogP contribution >= 0.6 is 0 Å². The summed E-state index contributed by atoms with van der Waals surface area (Å²) in [5, 5.41) is 12.2. The molecule has 0 amide bonds. The summed E-state index contributed by atoms with van der Waals surface area (Å²) < 4.78 is 4.90. The molecule has 3 nitrogen and oxygen atoms in total. The van der Waals surface area contributed by atoms with E-state index in [1.165, 1.54) is 0 Å². The van der Waals surface area contributed by atoms with Gasteiger partial charge in [0, 0.05) is 19.7 Å². The highest BCUT2D eigenvalue weighted by Gasteiger charge is 2.07. The van der Waals surface area contributed by atoms with Crippen LogP contribution in [0.1, 0.15) is 20.3 Å². The highest BCUT2D eigenvalue weighted by molar-refractivity contribution is 4.66. The fraction of sp³-hybridized carbons (Fsp3) is 1.00. The first kappa shape index (κ1) is 11.9. The standard InChI is InChI=1S/C9H21NO2/c1-8(2)6-9(7-11)10-4-5-12-3/h8-11H,4-7H2,1-3H3. The average Bonchev–Trinajstić information content (AvgIpc) is 2.02. The minimum absolute atomic E-state index is 0.210. The van der Waals surface area contributed by atoms with Crippen LogP contribution in [-0.4, -0.2) is 38.0 Å². The number of nitrogens with one attached hydrogen (secondary N) is 1. The molecule has 1 unspecified atom stereocenters. The largest absolute Gasteiger partial charge is 0.395 e. The monoisotopic (exact) mass is 175 g/mol. The van der Waals surface area contributed by atoms with Crippen LogP contribution in [-0.2, 0) is 4.74 Å². The number of rotatable bonds is 7. The summed E-state index contributed by atoms with van der Waals surface area (Å²) in [6, 6.07) is 0.222. The van der Waals surface area contributed by atoms with E-state index in [9.17, 15) is 0 Å². The van der Waals surface area contributed by atoms with Crippen molar-refractivity contribution in [2.45, 2.75) is 26.3 Å². The van der Waals surface area contributed by atoms with E-state index in [4.69, 9.17) is 9.84 Å². The Morgan fingerprint density at radius 1 is 1.42 bits per heavy atom. The van der Waals surface area contributed by atoms with E-state index in [0.29, 0.717) is 12.5 Å². The summed E-state index contributed by atoms with van der Waals surface area (Å²) >= 11 is 0. The van der Waals surface area contributed by atoms with E-state index in [-0.39, 0.29) is 12.6 Å². The maximum atomic E-state index is 8.97. The highest BCUT2D eigenvalue weighted by atomic mass is 16.5. The zero-order valence-electron chi connectivity index (χ0n) is 8.34. The second-order valence-electron chi connectivity index (χ2n) is 3.46. The maximum absolute atomic E-state index is 8.97. The summed E-state index contributed by atoms with van der Waals surface area (Å²) in [4.78, 5) is 0. The molecule has 0 rings (SSSR count). The second-order valence-corrected chi connectivity index (χ2v) is 3.46. The summed E-state index contributed by atoms with van der Waals surface area (Å²) in [6.07, 6.45) is 1.01. The summed E-state index contributed by atoms with van der Waals surface area (Å²) in [7, 11) is 1.68. The second kappa shape index (κ2) is 7.53. The molecule has 3 heteroatoms. The molecule has 0 aliphatic heterocycles. The van der Waals surface area contributed by atoms with Gasteiger partial charge >= 0.3 is 0 Å². The zero-order valence-corrected chi connectivity index (χ0v) is 8.34. The number of hydrogen-bond donors (Lipinski definition) is 2. The van der Waals surface area contributed by atoms with Gasteiger partial charge in [0.1, 0.15) is 0 Å². The van der Waals surface area contributed by atoms with E-state index in [2.05, 4.69) is 19.2 Å². The molecule has 12 heavy (non-hydrogen) atoms. The molecule has 0 aromatic heterocycles. The van der Waals surface area contributed by atoms with Crippen molar-refractivity contribution in [1.29, 1.82) is 0 Å². The SMILES string of the molecule is COCCNC(CO)CC(C)C. The molecular weight excluding hydrogens is 154 g/mol. The van der Waals surface area contributed by atoms with Crippen LogP contribution in [0.15, 0.2) is 0 Å². The van der Waals surface area contributed by atoms with Crippen LogP contribution < -0.4 is 5.32 Å². The van der Waals surface area contributed by atoms with Crippen molar-refractivity contribution < 1.29 is 9.84 Å². The van der Waals surface area contributed by atoms with Crippen molar-refractivity contribution in [2.24, 2.45) is 5.92 Å². The lowest BCUT2D eigenvalue weighted by molar-refractivity contribution is 0.177. The van der Waals surface area contributed by atoms with Gasteiger partial charge in [-0.3, -0.25) is 0 Å². The van der Waals surface area contributed by atoms with Gasteiger partial charge in [-0.15, -0.1) is 0 Å². The van der Waals surface area contributed by atoms with Crippen molar-refractivity contribution in [3.63, 3.8) is 0 Å². The molecule has 0 saturated carbocycles. The van der Waals surface area contributed by atoms with Gasteiger partial charge in [0.15, 0.2) is 0 Å². The van der Waals surface area contributed by atoms with E-state index >= 15 is 0 Å². The molecule has 0 fully saturated rings. The van der Waals surface area contributed by atoms with Gasteiger partial charge < -0.3 is 15.2 Å². The van der Waals surface area contributed by atoms with Gasteiger partial charge in [0.05, 0.1) is 13.2 Å². The third-order valence-electron chi connectivity index (χ3n) is 1.72. The lowest BCUT2D eigenvalue weighted by atomic mass is 10.0. The zero-order chi connectivity index (χ0) is 9.40. The molecule has 0 aromatic rings. The van der Waals surface area contributed by atoms with Gasteiger partial charge in [-0.1, -0.05) is 13.8 Å². The van der Waals surface area contributed by atoms with E-state index in [0.717, 1.165) is 13.0 Å². The van der Waals surface area contributed by atoms with Gasteiger partial charge in [-0.2, -0.15) is 0 Å². The predicted octanol–water partition coefficient (Wildman–Crippen LogP) is 0.629. The Balaban J connectivity index is 3.39. The van der Waals surface area contributed by atoms with Crippen molar-refractivity contribution in [1.82, 2.24) is 5.32 Å². The quantitative estimate of drug-likeness (QED) is 0.558. The van der Waals surface area contributed by atoms with Crippen LogP contribution in [0.4, 0.5) is 0 Å². The molecule has 0 heterocycles. The highest BCUT2D eigenvalue weighted by Crippen LogP contribution is 2.03. The van der Waals surface area contributed by atoms with Crippen LogP contribution in [0.2, 0.25) is 0 Å². The Kier molecular flexibility index (Phi) is 7.45. The van der Waals surface area contributed by atoms with E-state index < -0.39 is 0 Å². The number of aliphatic hydroxyl groups is 1. The molecule has 1 atom stereocenters. The van der Waals surface area contributed by atoms with Crippen LogP contribution in [0.5, 0.6) is 0 Å². The molecule has 0 aromatic carbocycles. The Morgan fingerprint density at radius 3 is 2.50 bits per heavy atom. The van der Waals surface area contributed by atoms with Gasteiger partial charge in [-0.05, 0) is 12.3 Å². The lowest BCUT2D eigenvalue weighted by Crippen LogP contribution is -2.35. The van der Waals surface area contributed by atoms with Crippen LogP contribution in [0.3, 0.4) is 0 Å². The Hall–Kier alpha value is -0.120. The summed E-state index contributed by atoms with van der Waals surface area (Å²) in [6.45, 7) is 6.03. The first-order valence-corrected chi connectivity index (χ1v) is 4.53. The van der Waals surface area contributed by atoms with E-state index in [1.54, 1.807) is 7.11 Å². The summed E-state index contributed by atoms with van der Waals surface area (Å²) in [5.41, 5.74) is 0. The number of hydrogen-bond acceptors (Lipinski definition) is 3. The molecule has 0 saturated heterocycles. The molecule has 2 N–H and O–H groups in total. The molecule has 74 valence electrons. The molecule has 0 aliphatic rings. The molecule has 0 spiro atoms. The number of ether oxygens (including phenoxy) is 1. The molecule has 0 radical (unpaired) electrons. The van der Waals surface area contributed by atoms with Gasteiger partial charge in [-0.25, -0.2) is 0 Å². The molecule has 0 bridgehead atoms. The van der Waals surface area contributed by atoms with Crippen LogP contribution in [0.25, 0.3) is 0 Å². The van der Waals surface area contributed by atoms with Crippen LogP contribution in [0, 0.1) is 5.92 Å². The topological polar surface area (TPSA) is 41.5 Å². The fourth-order valence-electron chi connectivity index (χ4n) is 1.16. The smallest absolute Gasteiger partial charge is 0.0587 e. The van der Waals surface area contributed by atoms with Crippen molar-refractivity contribution in [3.05, 3.63) is 0 Å². The van der Waals surface area contributed by atoms with Gasteiger partial charge in [0.2, 0.25) is 0 Å². The summed E-state index contributed by atoms with van der Waals surface area (Å²) in [5.74, 6) is 0.622. The number of aliphatic hydroxyl groups excluding tert-OH is 1. The Labute approximate surface area is 75.1 Å². The predicted molar refractivity (Wildman–Crippen MR) is 50.2 cm³/mol. The Morgan fingerprint density at radius 2 is 2.08 bits per heavy atom. The molecular formula is C9H21NO2. The van der Waals surface area contributed by atoms with Crippen molar-refractivity contribution >= 4 is 0 Å². The minimum atomic E-state index is 0.210. The average molecular weight is 175 g/mol. The number of methoxy groups -OCH3 is 1. The maximum Gasteiger partial charge on any atom is 0.0587 e. The normalized spacial score (nSPS) is 13.8. The fourth-order valence-corrected chi connectivity index (χ4v) is 1.16. The third kappa shape index (κ3) is 6.58. The van der Waals surface area contributed by atoms with Gasteiger partial charge in [0.25, 0.3) is 0 Å². The Bertz CT molecular complexity index is 96.5. The van der Waals surface area contributed by atoms with Crippen molar-refractivity contribution in [3.8, 4) is 0 Å². The molecule has 0 aliphatic carbocycles. The van der Waals surface area contributed by atoms with Crippen molar-refractivity contribution in [2.75, 3.05) is 26.9 Å². The third-order valence-corrected chi connectivity index (χ3v) is 1.72. The van der Waals surface area contributed by atoms with E-state index in [1.807, 2.05) is 0 Å². The first-order valence-electron chi connectivity index (χ1n) is 4.53. The minimum Gasteiger partial charge on any atom is -0.395 e. The first-order chi connectivity index (χ1) is 5.70.